The lowest BCUT2D eigenvalue weighted by atomic mass is 10.1. The molecule has 3 aliphatic heterocycles. The first-order valence-electron chi connectivity index (χ1n) is 8.77. The SMILES string of the molecule is O=C(Cc1ccc2c(c1)OCCO2)N1CCC(CN2CCOC2=O)C1. The van der Waals surface area contributed by atoms with Gasteiger partial charge in [0.05, 0.1) is 13.0 Å². The zero-order valence-electron chi connectivity index (χ0n) is 14.1. The minimum Gasteiger partial charge on any atom is -0.486 e. The average molecular weight is 346 g/mol. The van der Waals surface area contributed by atoms with Gasteiger partial charge in [-0.2, -0.15) is 0 Å². The molecule has 25 heavy (non-hydrogen) atoms. The molecule has 0 aromatic heterocycles. The second-order valence-corrected chi connectivity index (χ2v) is 6.71. The predicted molar refractivity (Wildman–Crippen MR) is 88.7 cm³/mol. The summed E-state index contributed by atoms with van der Waals surface area (Å²) in [6, 6.07) is 5.67. The molecular formula is C18H22N2O5. The lowest BCUT2D eigenvalue weighted by Gasteiger charge is -2.21. The van der Waals surface area contributed by atoms with Crippen LogP contribution in [0.1, 0.15) is 12.0 Å². The van der Waals surface area contributed by atoms with E-state index in [2.05, 4.69) is 0 Å². The van der Waals surface area contributed by atoms with Crippen LogP contribution in [-0.4, -0.2) is 67.8 Å². The predicted octanol–water partition coefficient (Wildman–Crippen LogP) is 1.30. The van der Waals surface area contributed by atoms with Gasteiger partial charge in [-0.25, -0.2) is 4.79 Å². The lowest BCUT2D eigenvalue weighted by Crippen LogP contribution is -2.34. The number of cyclic esters (lactones) is 1. The van der Waals surface area contributed by atoms with Crippen LogP contribution < -0.4 is 9.47 Å². The van der Waals surface area contributed by atoms with E-state index >= 15 is 0 Å². The molecule has 3 heterocycles. The Labute approximate surface area is 146 Å². The van der Waals surface area contributed by atoms with Gasteiger partial charge >= 0.3 is 6.09 Å². The molecule has 134 valence electrons. The second-order valence-electron chi connectivity index (χ2n) is 6.71. The maximum Gasteiger partial charge on any atom is 0.409 e. The van der Waals surface area contributed by atoms with Crippen LogP contribution in [0.3, 0.4) is 0 Å². The summed E-state index contributed by atoms with van der Waals surface area (Å²) in [7, 11) is 0. The highest BCUT2D eigenvalue weighted by molar-refractivity contribution is 5.79. The van der Waals surface area contributed by atoms with E-state index in [1.54, 1.807) is 4.90 Å². The highest BCUT2D eigenvalue weighted by Crippen LogP contribution is 2.31. The molecule has 0 radical (unpaired) electrons. The van der Waals surface area contributed by atoms with E-state index in [4.69, 9.17) is 14.2 Å². The third kappa shape index (κ3) is 3.50. The van der Waals surface area contributed by atoms with E-state index in [9.17, 15) is 9.59 Å². The molecule has 1 unspecified atom stereocenters. The van der Waals surface area contributed by atoms with Crippen LogP contribution in [0.15, 0.2) is 18.2 Å². The van der Waals surface area contributed by atoms with Gasteiger partial charge in [-0.15, -0.1) is 0 Å². The zero-order valence-corrected chi connectivity index (χ0v) is 14.1. The van der Waals surface area contributed by atoms with E-state index in [1.165, 1.54) is 0 Å². The molecule has 1 atom stereocenters. The molecule has 2 saturated heterocycles. The Morgan fingerprint density at radius 1 is 1.08 bits per heavy atom. The van der Waals surface area contributed by atoms with Gasteiger partial charge in [-0.3, -0.25) is 4.79 Å². The van der Waals surface area contributed by atoms with Crippen molar-refractivity contribution >= 4 is 12.0 Å². The highest BCUT2D eigenvalue weighted by Gasteiger charge is 2.31. The third-order valence-corrected chi connectivity index (χ3v) is 4.92. The van der Waals surface area contributed by atoms with Gasteiger partial charge in [0, 0.05) is 19.6 Å². The number of rotatable bonds is 4. The highest BCUT2D eigenvalue weighted by atomic mass is 16.6. The Kier molecular flexibility index (Phi) is 4.38. The summed E-state index contributed by atoms with van der Waals surface area (Å²) in [4.78, 5) is 27.7. The molecule has 7 nitrogen and oxygen atoms in total. The van der Waals surface area contributed by atoms with Crippen LogP contribution in [0.25, 0.3) is 0 Å². The molecule has 7 heteroatoms. The number of carbonyl (C=O) groups is 2. The van der Waals surface area contributed by atoms with Crippen LogP contribution in [0.4, 0.5) is 4.79 Å². The number of nitrogens with zero attached hydrogens (tertiary/aromatic N) is 2. The second kappa shape index (κ2) is 6.82. The summed E-state index contributed by atoms with van der Waals surface area (Å²) in [5.41, 5.74) is 0.931. The van der Waals surface area contributed by atoms with Crippen LogP contribution in [0, 0.1) is 5.92 Å². The normalized spacial score (nSPS) is 22.2. The fourth-order valence-electron chi connectivity index (χ4n) is 3.60. The summed E-state index contributed by atoms with van der Waals surface area (Å²) >= 11 is 0. The van der Waals surface area contributed by atoms with Crippen molar-refractivity contribution < 1.29 is 23.8 Å². The lowest BCUT2D eigenvalue weighted by molar-refractivity contribution is -0.129. The maximum atomic E-state index is 12.6. The van der Waals surface area contributed by atoms with Gasteiger partial charge in [0.1, 0.15) is 19.8 Å². The van der Waals surface area contributed by atoms with Gasteiger partial charge in [0.25, 0.3) is 0 Å². The van der Waals surface area contributed by atoms with E-state index in [0.717, 1.165) is 24.3 Å². The zero-order chi connectivity index (χ0) is 17.2. The Hall–Kier alpha value is -2.44. The van der Waals surface area contributed by atoms with Crippen molar-refractivity contribution in [2.75, 3.05) is 46.0 Å². The number of carbonyl (C=O) groups excluding carboxylic acids is 2. The number of hydrogen-bond acceptors (Lipinski definition) is 5. The number of amides is 2. The number of likely N-dealkylation sites (tertiary alicyclic amines) is 1. The minimum atomic E-state index is -0.235. The van der Waals surface area contributed by atoms with Gasteiger partial charge in [0.15, 0.2) is 11.5 Å². The third-order valence-electron chi connectivity index (χ3n) is 4.92. The Bertz CT molecular complexity index is 677. The Morgan fingerprint density at radius 3 is 2.72 bits per heavy atom. The van der Waals surface area contributed by atoms with Crippen LogP contribution >= 0.6 is 0 Å². The number of hydrogen-bond donors (Lipinski definition) is 0. The van der Waals surface area contributed by atoms with Crippen LogP contribution in [-0.2, 0) is 16.0 Å². The first-order valence-corrected chi connectivity index (χ1v) is 8.77. The monoisotopic (exact) mass is 346 g/mol. The van der Waals surface area contributed by atoms with E-state index in [1.807, 2.05) is 23.1 Å². The largest absolute Gasteiger partial charge is 0.486 e. The molecule has 0 spiro atoms. The molecule has 2 fully saturated rings. The van der Waals surface area contributed by atoms with E-state index in [-0.39, 0.29) is 12.0 Å². The van der Waals surface area contributed by atoms with Gasteiger partial charge in [-0.1, -0.05) is 6.07 Å². The Balaban J connectivity index is 1.32. The Morgan fingerprint density at radius 2 is 1.92 bits per heavy atom. The standard InChI is InChI=1S/C18H22N2O5/c21-17(10-13-1-2-15-16(9-13)24-8-7-23-15)19-4-3-14(11-19)12-20-5-6-25-18(20)22/h1-2,9,14H,3-8,10-12H2. The first kappa shape index (κ1) is 16.1. The molecule has 4 rings (SSSR count). The van der Waals surface area contributed by atoms with Crippen molar-refractivity contribution in [3.05, 3.63) is 23.8 Å². The quantitative estimate of drug-likeness (QED) is 0.822. The molecule has 1 aromatic carbocycles. The van der Waals surface area contributed by atoms with Crippen molar-refractivity contribution in [2.45, 2.75) is 12.8 Å². The smallest absolute Gasteiger partial charge is 0.409 e. The topological polar surface area (TPSA) is 68.3 Å². The maximum absolute atomic E-state index is 12.6. The first-order chi connectivity index (χ1) is 12.2. The summed E-state index contributed by atoms with van der Waals surface area (Å²) in [5, 5.41) is 0. The molecule has 2 amide bonds. The molecule has 1 aromatic rings. The number of fused-ring (bicyclic) bond motifs is 1. The molecule has 0 saturated carbocycles. The van der Waals surface area contributed by atoms with Crippen molar-refractivity contribution in [2.24, 2.45) is 5.92 Å². The number of ether oxygens (including phenoxy) is 3. The van der Waals surface area contributed by atoms with Gasteiger partial charge < -0.3 is 24.0 Å². The molecule has 0 aliphatic carbocycles. The summed E-state index contributed by atoms with van der Waals surface area (Å²) in [5.74, 6) is 1.89. The molecule has 0 bridgehead atoms. The van der Waals surface area contributed by atoms with Crippen LogP contribution in [0.5, 0.6) is 11.5 Å². The number of benzene rings is 1. The van der Waals surface area contributed by atoms with Crippen molar-refractivity contribution in [1.29, 1.82) is 0 Å². The fraction of sp³-hybridized carbons (Fsp3) is 0.556. The van der Waals surface area contributed by atoms with Gasteiger partial charge in [-0.05, 0) is 30.0 Å². The van der Waals surface area contributed by atoms with Gasteiger partial charge in [0.2, 0.25) is 5.91 Å². The van der Waals surface area contributed by atoms with Crippen molar-refractivity contribution in [3.8, 4) is 11.5 Å². The summed E-state index contributed by atoms with van der Waals surface area (Å²) < 4.78 is 16.0. The average Bonchev–Trinajstić information content (AvgIpc) is 3.25. The minimum absolute atomic E-state index is 0.114. The fourth-order valence-corrected chi connectivity index (χ4v) is 3.60. The van der Waals surface area contributed by atoms with Crippen molar-refractivity contribution in [3.63, 3.8) is 0 Å². The summed E-state index contributed by atoms with van der Waals surface area (Å²) in [6.07, 6.45) is 1.05. The van der Waals surface area contributed by atoms with E-state index < -0.39 is 0 Å². The summed E-state index contributed by atoms with van der Waals surface area (Å²) in [6.45, 7) is 4.34. The van der Waals surface area contributed by atoms with Crippen molar-refractivity contribution in [1.82, 2.24) is 9.80 Å². The molecular weight excluding hydrogens is 324 g/mol. The molecule has 0 N–H and O–H groups in total. The van der Waals surface area contributed by atoms with E-state index in [0.29, 0.717) is 57.5 Å². The molecule has 3 aliphatic rings. The van der Waals surface area contributed by atoms with Crippen LogP contribution in [0.2, 0.25) is 0 Å².